The molecule has 2 rings (SSSR count). The van der Waals surface area contributed by atoms with Crippen molar-refractivity contribution in [3.8, 4) is 0 Å². The van der Waals surface area contributed by atoms with E-state index in [0.717, 1.165) is 41.8 Å². The van der Waals surface area contributed by atoms with Gasteiger partial charge < -0.3 is 10.1 Å². The third-order valence-corrected chi connectivity index (χ3v) is 4.06. The minimum absolute atomic E-state index is 0.0130. The second-order valence-corrected chi connectivity index (χ2v) is 5.81. The third kappa shape index (κ3) is 4.79. The molecule has 0 aliphatic carbocycles. The second kappa shape index (κ2) is 8.62. The van der Waals surface area contributed by atoms with Crippen LogP contribution in [0.15, 0.2) is 36.4 Å². The van der Waals surface area contributed by atoms with E-state index in [4.69, 9.17) is 16.3 Å². The van der Waals surface area contributed by atoms with Crippen molar-refractivity contribution in [3.05, 3.63) is 63.9 Å². The Bertz CT molecular complexity index is 770. The molecule has 0 aliphatic heterocycles. The number of hydrogen-bond donors (Lipinski definition) is 1. The van der Waals surface area contributed by atoms with E-state index in [1.54, 1.807) is 0 Å². The molecule has 2 aromatic carbocycles. The minimum atomic E-state index is -0.778. The van der Waals surface area contributed by atoms with Crippen LogP contribution in [0.4, 0.5) is 10.1 Å². The summed E-state index contributed by atoms with van der Waals surface area (Å²) in [4.78, 5) is 24.1. The van der Waals surface area contributed by atoms with Crippen LogP contribution in [-0.4, -0.2) is 18.5 Å². The van der Waals surface area contributed by atoms with E-state index in [1.165, 1.54) is 6.07 Å². The quantitative estimate of drug-likeness (QED) is 0.774. The first-order valence-electron chi connectivity index (χ1n) is 7.99. The lowest BCUT2D eigenvalue weighted by Crippen LogP contribution is -2.22. The summed E-state index contributed by atoms with van der Waals surface area (Å²) >= 11 is 5.81. The second-order valence-electron chi connectivity index (χ2n) is 5.41. The van der Waals surface area contributed by atoms with Crippen LogP contribution in [0, 0.1) is 5.82 Å². The van der Waals surface area contributed by atoms with E-state index in [1.807, 2.05) is 32.0 Å². The van der Waals surface area contributed by atoms with E-state index >= 15 is 0 Å². The van der Waals surface area contributed by atoms with Crippen LogP contribution in [0.5, 0.6) is 0 Å². The average molecular weight is 364 g/mol. The number of esters is 1. The van der Waals surface area contributed by atoms with Crippen molar-refractivity contribution in [1.29, 1.82) is 0 Å². The molecule has 132 valence electrons. The molecule has 25 heavy (non-hydrogen) atoms. The molecule has 0 fully saturated rings. The van der Waals surface area contributed by atoms with Gasteiger partial charge in [-0.2, -0.15) is 0 Å². The van der Waals surface area contributed by atoms with Gasteiger partial charge in [-0.3, -0.25) is 4.79 Å². The molecule has 0 saturated carbocycles. The standard InChI is InChI=1S/C19H19ClFNO3/c1-3-12-6-5-7-13(4-2)18(12)22-17(23)11-25-19(24)15-9-8-14(21)10-16(15)20/h5-10H,3-4,11H2,1-2H3,(H,22,23). The number of aryl methyl sites for hydroxylation is 2. The highest BCUT2D eigenvalue weighted by molar-refractivity contribution is 6.33. The Morgan fingerprint density at radius 3 is 2.32 bits per heavy atom. The number of rotatable bonds is 6. The van der Waals surface area contributed by atoms with Crippen LogP contribution >= 0.6 is 11.6 Å². The van der Waals surface area contributed by atoms with Crippen LogP contribution in [0.25, 0.3) is 0 Å². The zero-order valence-corrected chi connectivity index (χ0v) is 14.8. The van der Waals surface area contributed by atoms with Gasteiger partial charge in [-0.15, -0.1) is 0 Å². The van der Waals surface area contributed by atoms with E-state index < -0.39 is 24.3 Å². The molecule has 0 bridgehead atoms. The summed E-state index contributed by atoms with van der Waals surface area (Å²) in [5.74, 6) is -1.77. The highest BCUT2D eigenvalue weighted by Crippen LogP contribution is 2.22. The maximum absolute atomic E-state index is 13.0. The Morgan fingerprint density at radius 1 is 1.12 bits per heavy atom. The number of carbonyl (C=O) groups is 2. The summed E-state index contributed by atoms with van der Waals surface area (Å²) < 4.78 is 18.0. The Labute approximate surface area is 150 Å². The van der Waals surface area contributed by atoms with Gasteiger partial charge >= 0.3 is 5.97 Å². The normalized spacial score (nSPS) is 10.4. The molecular formula is C19H19ClFNO3. The SMILES string of the molecule is CCc1cccc(CC)c1NC(=O)COC(=O)c1ccc(F)cc1Cl. The van der Waals surface area contributed by atoms with Crippen LogP contribution in [-0.2, 0) is 22.4 Å². The zero-order chi connectivity index (χ0) is 18.4. The molecule has 2 aromatic rings. The molecule has 6 heteroatoms. The first-order valence-corrected chi connectivity index (χ1v) is 8.36. The van der Waals surface area contributed by atoms with Crippen LogP contribution in [0.1, 0.15) is 35.3 Å². The third-order valence-electron chi connectivity index (χ3n) is 3.75. The van der Waals surface area contributed by atoms with E-state index in [0.29, 0.717) is 0 Å². The molecule has 0 heterocycles. The van der Waals surface area contributed by atoms with Crippen molar-refractivity contribution in [3.63, 3.8) is 0 Å². The molecule has 0 unspecified atom stereocenters. The maximum Gasteiger partial charge on any atom is 0.340 e. The Balaban J connectivity index is 2.03. The van der Waals surface area contributed by atoms with Crippen LogP contribution in [0.2, 0.25) is 5.02 Å². The molecule has 0 atom stereocenters. The van der Waals surface area contributed by atoms with E-state index in [9.17, 15) is 14.0 Å². The predicted octanol–water partition coefficient (Wildman–Crippen LogP) is 4.40. The van der Waals surface area contributed by atoms with Crippen molar-refractivity contribution in [2.45, 2.75) is 26.7 Å². The molecule has 0 spiro atoms. The summed E-state index contributed by atoms with van der Waals surface area (Å²) in [6.45, 7) is 3.55. The molecule has 1 amide bonds. The Hall–Kier alpha value is -2.40. The smallest absolute Gasteiger partial charge is 0.340 e. The number of benzene rings is 2. The van der Waals surface area contributed by atoms with Gasteiger partial charge in [-0.25, -0.2) is 9.18 Å². The largest absolute Gasteiger partial charge is 0.452 e. The maximum atomic E-state index is 13.0. The van der Waals surface area contributed by atoms with Crippen molar-refractivity contribution < 1.29 is 18.7 Å². The first-order chi connectivity index (χ1) is 12.0. The van der Waals surface area contributed by atoms with Crippen LogP contribution in [0.3, 0.4) is 0 Å². The van der Waals surface area contributed by atoms with Gasteiger partial charge in [-0.1, -0.05) is 43.6 Å². The molecule has 1 N–H and O–H groups in total. The zero-order valence-electron chi connectivity index (χ0n) is 14.1. The van der Waals surface area contributed by atoms with Crippen molar-refractivity contribution in [1.82, 2.24) is 0 Å². The molecule has 0 aromatic heterocycles. The summed E-state index contributed by atoms with van der Waals surface area (Å²) in [6, 6.07) is 9.18. The lowest BCUT2D eigenvalue weighted by atomic mass is 10.0. The number of amides is 1. The predicted molar refractivity (Wildman–Crippen MR) is 95.5 cm³/mol. The number of para-hydroxylation sites is 1. The molecule has 4 nitrogen and oxygen atoms in total. The van der Waals surface area contributed by atoms with Gasteiger partial charge in [-0.05, 0) is 42.2 Å². The fourth-order valence-electron chi connectivity index (χ4n) is 2.44. The Morgan fingerprint density at radius 2 is 1.76 bits per heavy atom. The number of carbonyl (C=O) groups excluding carboxylic acids is 2. The van der Waals surface area contributed by atoms with Gasteiger partial charge in [0, 0.05) is 5.69 Å². The number of ether oxygens (including phenoxy) is 1. The number of hydrogen-bond acceptors (Lipinski definition) is 3. The van der Waals surface area contributed by atoms with Crippen molar-refractivity contribution in [2.24, 2.45) is 0 Å². The van der Waals surface area contributed by atoms with E-state index in [-0.39, 0.29) is 10.6 Å². The number of nitrogens with one attached hydrogen (secondary N) is 1. The molecule has 0 aliphatic rings. The average Bonchev–Trinajstić information content (AvgIpc) is 2.59. The van der Waals surface area contributed by atoms with Gasteiger partial charge in [0.25, 0.3) is 5.91 Å². The number of anilines is 1. The Kier molecular flexibility index (Phi) is 6.53. The highest BCUT2D eigenvalue weighted by atomic mass is 35.5. The molecular weight excluding hydrogens is 345 g/mol. The first kappa shape index (κ1) is 18.9. The minimum Gasteiger partial charge on any atom is -0.452 e. The van der Waals surface area contributed by atoms with Gasteiger partial charge in [0.1, 0.15) is 5.82 Å². The van der Waals surface area contributed by atoms with Crippen molar-refractivity contribution in [2.75, 3.05) is 11.9 Å². The lowest BCUT2D eigenvalue weighted by molar-refractivity contribution is -0.119. The summed E-state index contributed by atoms with van der Waals surface area (Å²) in [5, 5.41) is 2.74. The van der Waals surface area contributed by atoms with Gasteiger partial charge in [0.2, 0.25) is 0 Å². The molecule has 0 saturated heterocycles. The topological polar surface area (TPSA) is 55.4 Å². The molecule has 0 radical (unpaired) electrons. The summed E-state index contributed by atoms with van der Waals surface area (Å²) in [6.07, 6.45) is 1.54. The number of halogens is 2. The van der Waals surface area contributed by atoms with Crippen molar-refractivity contribution >= 4 is 29.2 Å². The van der Waals surface area contributed by atoms with Gasteiger partial charge in [0.15, 0.2) is 6.61 Å². The van der Waals surface area contributed by atoms with Crippen LogP contribution < -0.4 is 5.32 Å². The lowest BCUT2D eigenvalue weighted by Gasteiger charge is -2.14. The summed E-state index contributed by atoms with van der Waals surface area (Å²) in [5.41, 5.74) is 2.80. The van der Waals surface area contributed by atoms with Gasteiger partial charge in [0.05, 0.1) is 10.6 Å². The fraction of sp³-hybridized carbons (Fsp3) is 0.263. The fourth-order valence-corrected chi connectivity index (χ4v) is 2.69. The van der Waals surface area contributed by atoms with E-state index in [2.05, 4.69) is 5.32 Å². The highest BCUT2D eigenvalue weighted by Gasteiger charge is 2.16. The summed E-state index contributed by atoms with van der Waals surface area (Å²) in [7, 11) is 0. The monoisotopic (exact) mass is 363 g/mol.